The molecule has 0 aliphatic rings. The zero-order valence-corrected chi connectivity index (χ0v) is 13.4. The number of hydrogen-bond donors (Lipinski definition) is 2. The van der Waals surface area contributed by atoms with Gasteiger partial charge < -0.3 is 5.32 Å². The Balaban J connectivity index is 3.17. The summed E-state index contributed by atoms with van der Waals surface area (Å²) in [6.07, 6.45) is 0. The molecule has 0 saturated carbocycles. The molecule has 1 aromatic carbocycles. The van der Waals surface area contributed by atoms with Gasteiger partial charge in [-0.25, -0.2) is 17.5 Å². The Labute approximate surface area is 120 Å². The Morgan fingerprint density at radius 3 is 2.25 bits per heavy atom. The Bertz CT molecular complexity index is 569. The van der Waals surface area contributed by atoms with Crippen molar-refractivity contribution in [3.8, 4) is 0 Å². The molecule has 0 aliphatic carbocycles. The van der Waals surface area contributed by atoms with E-state index in [0.29, 0.717) is 17.7 Å². The second-order valence-electron chi connectivity index (χ2n) is 5.52. The van der Waals surface area contributed by atoms with Gasteiger partial charge >= 0.3 is 0 Å². The number of nitrogens with one attached hydrogen (secondary N) is 2. The molecule has 6 heteroatoms. The van der Waals surface area contributed by atoms with Crippen LogP contribution in [0, 0.1) is 12.7 Å². The third-order valence-electron chi connectivity index (χ3n) is 2.71. The summed E-state index contributed by atoms with van der Waals surface area (Å²) in [5.41, 5.74) is 0.694. The molecule has 0 unspecified atom stereocenters. The molecule has 0 atom stereocenters. The fourth-order valence-electron chi connectivity index (χ4n) is 1.78. The van der Waals surface area contributed by atoms with E-state index in [1.807, 2.05) is 13.8 Å². The fourth-order valence-corrected chi connectivity index (χ4v) is 3.17. The highest BCUT2D eigenvalue weighted by atomic mass is 32.2. The normalized spacial score (nSPS) is 12.4. The van der Waals surface area contributed by atoms with E-state index in [4.69, 9.17) is 0 Å². The van der Waals surface area contributed by atoms with Gasteiger partial charge in [-0.2, -0.15) is 0 Å². The molecule has 114 valence electrons. The lowest BCUT2D eigenvalue weighted by molar-refractivity contribution is 0.545. The summed E-state index contributed by atoms with van der Waals surface area (Å²) in [4.78, 5) is 0.102. The average Bonchev–Trinajstić information content (AvgIpc) is 2.28. The summed E-state index contributed by atoms with van der Waals surface area (Å²) >= 11 is 0. The third-order valence-corrected chi connectivity index (χ3v) is 4.34. The second kappa shape index (κ2) is 6.65. The highest BCUT2D eigenvalue weighted by Crippen LogP contribution is 2.19. The standard InChI is InChI=1S/C14H23FN2O2S/c1-9(2)16-8-12-7-13(6-11(5)14(12)15)20(18,19)17-10(3)4/h6-7,9-10,16-17H,8H2,1-5H3. The lowest BCUT2D eigenvalue weighted by Gasteiger charge is -2.14. The van der Waals surface area contributed by atoms with Crippen LogP contribution in [0.1, 0.15) is 38.8 Å². The van der Waals surface area contributed by atoms with Gasteiger partial charge in [0, 0.05) is 24.2 Å². The number of benzene rings is 1. The first kappa shape index (κ1) is 17.1. The van der Waals surface area contributed by atoms with Gasteiger partial charge in [0.25, 0.3) is 0 Å². The van der Waals surface area contributed by atoms with Crippen LogP contribution in [0.15, 0.2) is 17.0 Å². The first-order chi connectivity index (χ1) is 9.13. The van der Waals surface area contributed by atoms with E-state index in [0.717, 1.165) is 0 Å². The minimum atomic E-state index is -3.60. The van der Waals surface area contributed by atoms with E-state index in [9.17, 15) is 12.8 Å². The molecule has 0 saturated heterocycles. The minimum absolute atomic E-state index is 0.102. The smallest absolute Gasteiger partial charge is 0.240 e. The molecule has 2 N–H and O–H groups in total. The van der Waals surface area contributed by atoms with Crippen molar-refractivity contribution in [2.24, 2.45) is 0 Å². The number of aryl methyl sites for hydroxylation is 1. The molecular weight excluding hydrogens is 279 g/mol. The van der Waals surface area contributed by atoms with Crippen LogP contribution >= 0.6 is 0 Å². The molecule has 1 aromatic rings. The van der Waals surface area contributed by atoms with Crippen LogP contribution in [-0.2, 0) is 16.6 Å². The van der Waals surface area contributed by atoms with Gasteiger partial charge in [0.15, 0.2) is 0 Å². The highest BCUT2D eigenvalue weighted by molar-refractivity contribution is 7.89. The SMILES string of the molecule is Cc1cc(S(=O)(=O)NC(C)C)cc(CNC(C)C)c1F. The van der Waals surface area contributed by atoms with Gasteiger partial charge in [0.05, 0.1) is 4.90 Å². The zero-order chi connectivity index (χ0) is 15.5. The molecule has 1 rings (SSSR count). The summed E-state index contributed by atoms with van der Waals surface area (Å²) in [5.74, 6) is -0.360. The maximum absolute atomic E-state index is 14.0. The van der Waals surface area contributed by atoms with Crippen molar-refractivity contribution < 1.29 is 12.8 Å². The van der Waals surface area contributed by atoms with Gasteiger partial charge in [0.1, 0.15) is 5.82 Å². The molecular formula is C14H23FN2O2S. The molecule has 0 amide bonds. The highest BCUT2D eigenvalue weighted by Gasteiger charge is 2.19. The van der Waals surface area contributed by atoms with E-state index >= 15 is 0 Å². The van der Waals surface area contributed by atoms with Gasteiger partial charge in [-0.1, -0.05) is 13.8 Å². The van der Waals surface area contributed by atoms with Gasteiger partial charge in [0.2, 0.25) is 10.0 Å². The minimum Gasteiger partial charge on any atom is -0.310 e. The van der Waals surface area contributed by atoms with Crippen LogP contribution in [0.3, 0.4) is 0 Å². The topological polar surface area (TPSA) is 58.2 Å². The maximum Gasteiger partial charge on any atom is 0.240 e. The van der Waals surface area contributed by atoms with Crippen LogP contribution in [0.25, 0.3) is 0 Å². The van der Waals surface area contributed by atoms with Crippen LogP contribution in [0.5, 0.6) is 0 Å². The van der Waals surface area contributed by atoms with Gasteiger partial charge in [-0.15, -0.1) is 0 Å². The van der Waals surface area contributed by atoms with Crippen molar-refractivity contribution in [3.05, 3.63) is 29.1 Å². The predicted octanol–water partition coefficient (Wildman–Crippen LogP) is 2.32. The van der Waals surface area contributed by atoms with Gasteiger partial charge in [-0.05, 0) is 38.5 Å². The maximum atomic E-state index is 14.0. The quantitative estimate of drug-likeness (QED) is 0.848. The molecule has 0 heterocycles. The van der Waals surface area contributed by atoms with Crippen molar-refractivity contribution in [2.45, 2.75) is 58.1 Å². The number of sulfonamides is 1. The Hall–Kier alpha value is -0.980. The number of rotatable bonds is 6. The van der Waals surface area contributed by atoms with Crippen LogP contribution < -0.4 is 10.0 Å². The fraction of sp³-hybridized carbons (Fsp3) is 0.571. The van der Waals surface area contributed by atoms with Crippen molar-refractivity contribution in [3.63, 3.8) is 0 Å². The summed E-state index contributed by atoms with van der Waals surface area (Å²) < 4.78 is 40.8. The summed E-state index contributed by atoms with van der Waals surface area (Å²) in [6, 6.07) is 2.74. The van der Waals surface area contributed by atoms with Crippen molar-refractivity contribution in [2.75, 3.05) is 0 Å². The first-order valence-electron chi connectivity index (χ1n) is 6.68. The summed E-state index contributed by atoms with van der Waals surface area (Å²) in [6.45, 7) is 9.26. The largest absolute Gasteiger partial charge is 0.310 e. The molecule has 4 nitrogen and oxygen atoms in total. The van der Waals surface area contributed by atoms with E-state index < -0.39 is 10.0 Å². The first-order valence-corrected chi connectivity index (χ1v) is 8.16. The Morgan fingerprint density at radius 1 is 1.15 bits per heavy atom. The van der Waals surface area contributed by atoms with E-state index in [2.05, 4.69) is 10.0 Å². The molecule has 0 radical (unpaired) electrons. The van der Waals surface area contributed by atoms with Crippen molar-refractivity contribution in [1.29, 1.82) is 0 Å². The number of halogens is 1. The monoisotopic (exact) mass is 302 g/mol. The van der Waals surface area contributed by atoms with Crippen LogP contribution in [0.4, 0.5) is 4.39 Å². The van der Waals surface area contributed by atoms with E-state index in [1.165, 1.54) is 12.1 Å². The Morgan fingerprint density at radius 2 is 1.75 bits per heavy atom. The number of hydrogen-bond acceptors (Lipinski definition) is 3. The van der Waals surface area contributed by atoms with Crippen LogP contribution in [0.2, 0.25) is 0 Å². The molecule has 0 fully saturated rings. The second-order valence-corrected chi connectivity index (χ2v) is 7.24. The van der Waals surface area contributed by atoms with Gasteiger partial charge in [-0.3, -0.25) is 0 Å². The third kappa shape index (κ3) is 4.54. The zero-order valence-electron chi connectivity index (χ0n) is 12.6. The molecule has 0 aromatic heterocycles. The van der Waals surface area contributed by atoms with Crippen molar-refractivity contribution in [1.82, 2.24) is 10.0 Å². The molecule has 20 heavy (non-hydrogen) atoms. The summed E-state index contributed by atoms with van der Waals surface area (Å²) in [7, 11) is -3.60. The van der Waals surface area contributed by atoms with E-state index in [-0.39, 0.29) is 22.8 Å². The van der Waals surface area contributed by atoms with Crippen molar-refractivity contribution >= 4 is 10.0 Å². The molecule has 0 spiro atoms. The van der Waals surface area contributed by atoms with Crippen LogP contribution in [-0.4, -0.2) is 20.5 Å². The lowest BCUT2D eigenvalue weighted by Crippen LogP contribution is -2.30. The average molecular weight is 302 g/mol. The molecule has 0 aliphatic heterocycles. The Kier molecular flexibility index (Phi) is 5.68. The predicted molar refractivity (Wildman–Crippen MR) is 78.6 cm³/mol. The van der Waals surface area contributed by atoms with E-state index in [1.54, 1.807) is 20.8 Å². The lowest BCUT2D eigenvalue weighted by atomic mass is 10.1. The molecule has 0 bridgehead atoms. The summed E-state index contributed by atoms with van der Waals surface area (Å²) in [5, 5.41) is 3.09.